The highest BCUT2D eigenvalue weighted by atomic mass is 14.9. The first-order valence-electron chi connectivity index (χ1n) is 4.43. The predicted molar refractivity (Wildman–Crippen MR) is 49.6 cm³/mol. The second-order valence-electron chi connectivity index (χ2n) is 3.02. The minimum absolute atomic E-state index is 0.722. The van der Waals surface area contributed by atoms with Gasteiger partial charge in [-0.15, -0.1) is 6.58 Å². The molecule has 0 aromatic rings. The highest BCUT2D eigenvalue weighted by Crippen LogP contribution is 2.08. The van der Waals surface area contributed by atoms with Crippen LogP contribution in [0.15, 0.2) is 24.8 Å². The monoisotopic (exact) mass is 151 g/mol. The van der Waals surface area contributed by atoms with Crippen molar-refractivity contribution >= 4 is 0 Å². The molecule has 1 aliphatic rings. The van der Waals surface area contributed by atoms with E-state index >= 15 is 0 Å². The summed E-state index contributed by atoms with van der Waals surface area (Å²) < 4.78 is 0. The molecule has 0 heterocycles. The molecule has 0 aromatic carbocycles. The van der Waals surface area contributed by atoms with Crippen LogP contribution in [0.25, 0.3) is 0 Å². The van der Waals surface area contributed by atoms with Crippen molar-refractivity contribution in [3.63, 3.8) is 0 Å². The van der Waals surface area contributed by atoms with Gasteiger partial charge in [0.25, 0.3) is 0 Å². The molecule has 1 N–H and O–H groups in total. The predicted octanol–water partition coefficient (Wildman–Crippen LogP) is 2.26. The summed E-state index contributed by atoms with van der Waals surface area (Å²) in [5, 5.41) is 3.51. The average Bonchev–Trinajstić information content (AvgIpc) is 2.50. The lowest BCUT2D eigenvalue weighted by atomic mass is 10.2. The van der Waals surface area contributed by atoms with Crippen molar-refractivity contribution in [2.75, 3.05) is 6.54 Å². The molecule has 0 atom stereocenters. The summed E-state index contributed by atoms with van der Waals surface area (Å²) in [4.78, 5) is 0. The van der Waals surface area contributed by atoms with E-state index in [1.54, 1.807) is 0 Å². The van der Waals surface area contributed by atoms with Crippen LogP contribution in [0.4, 0.5) is 0 Å². The van der Waals surface area contributed by atoms with Gasteiger partial charge in [-0.25, -0.2) is 0 Å². The highest BCUT2D eigenvalue weighted by Gasteiger charge is 2.07. The van der Waals surface area contributed by atoms with Crippen molar-refractivity contribution in [1.82, 2.24) is 5.32 Å². The first-order valence-corrected chi connectivity index (χ1v) is 4.43. The summed E-state index contributed by atoms with van der Waals surface area (Å²) in [6.45, 7) is 4.83. The molecule has 11 heavy (non-hydrogen) atoms. The van der Waals surface area contributed by atoms with Crippen LogP contribution in [0, 0.1) is 0 Å². The lowest BCUT2D eigenvalue weighted by Crippen LogP contribution is -2.27. The van der Waals surface area contributed by atoms with Gasteiger partial charge in [-0.05, 0) is 32.2 Å². The van der Waals surface area contributed by atoms with E-state index in [1.165, 1.54) is 19.3 Å². The quantitative estimate of drug-likeness (QED) is 0.469. The van der Waals surface area contributed by atoms with Crippen LogP contribution in [-0.2, 0) is 0 Å². The zero-order valence-electron chi connectivity index (χ0n) is 7.05. The Morgan fingerprint density at radius 3 is 2.82 bits per heavy atom. The van der Waals surface area contributed by atoms with Crippen LogP contribution in [0.3, 0.4) is 0 Å². The van der Waals surface area contributed by atoms with Crippen molar-refractivity contribution in [3.05, 3.63) is 24.8 Å². The third kappa shape index (κ3) is 3.38. The number of nitrogens with one attached hydrogen (secondary N) is 1. The molecular formula is C10H17N. The number of allylic oxidation sites excluding steroid dienone is 1. The summed E-state index contributed by atoms with van der Waals surface area (Å²) in [6.07, 6.45) is 11.3. The Kier molecular flexibility index (Phi) is 3.99. The molecule has 0 bridgehead atoms. The van der Waals surface area contributed by atoms with Gasteiger partial charge >= 0.3 is 0 Å². The van der Waals surface area contributed by atoms with Gasteiger partial charge in [-0.1, -0.05) is 18.2 Å². The van der Waals surface area contributed by atoms with Gasteiger partial charge in [0.15, 0.2) is 0 Å². The first kappa shape index (κ1) is 8.54. The van der Waals surface area contributed by atoms with E-state index in [9.17, 15) is 0 Å². The summed E-state index contributed by atoms with van der Waals surface area (Å²) in [5.41, 5.74) is 0. The molecule has 0 spiro atoms. The van der Waals surface area contributed by atoms with Crippen LogP contribution in [0.1, 0.15) is 25.7 Å². The second-order valence-corrected chi connectivity index (χ2v) is 3.02. The molecule has 0 saturated carbocycles. The fourth-order valence-corrected chi connectivity index (χ4v) is 1.34. The maximum atomic E-state index is 3.69. The number of rotatable bonds is 5. The first-order chi connectivity index (χ1) is 5.43. The highest BCUT2D eigenvalue weighted by molar-refractivity contribution is 4.97. The summed E-state index contributed by atoms with van der Waals surface area (Å²) in [5.74, 6) is 0. The molecule has 0 aromatic heterocycles. The van der Waals surface area contributed by atoms with Crippen molar-refractivity contribution in [3.8, 4) is 0 Å². The molecule has 0 saturated heterocycles. The summed E-state index contributed by atoms with van der Waals surface area (Å²) in [7, 11) is 0. The second kappa shape index (κ2) is 5.14. The van der Waals surface area contributed by atoms with Gasteiger partial charge in [0, 0.05) is 6.04 Å². The molecule has 1 aliphatic carbocycles. The number of hydrogen-bond acceptors (Lipinski definition) is 1. The van der Waals surface area contributed by atoms with Crippen molar-refractivity contribution in [2.45, 2.75) is 31.7 Å². The van der Waals surface area contributed by atoms with Crippen LogP contribution in [0.5, 0.6) is 0 Å². The Labute approximate surface area is 69.2 Å². The zero-order chi connectivity index (χ0) is 7.94. The van der Waals surface area contributed by atoms with Gasteiger partial charge in [0.05, 0.1) is 0 Å². The fraction of sp³-hybridized carbons (Fsp3) is 0.600. The molecule has 0 amide bonds. The minimum atomic E-state index is 0.722. The number of unbranched alkanes of at least 4 members (excludes halogenated alkanes) is 1. The Morgan fingerprint density at radius 1 is 1.45 bits per heavy atom. The molecule has 62 valence electrons. The summed E-state index contributed by atoms with van der Waals surface area (Å²) >= 11 is 0. The van der Waals surface area contributed by atoms with Gasteiger partial charge in [-0.2, -0.15) is 0 Å². The summed E-state index contributed by atoms with van der Waals surface area (Å²) in [6, 6.07) is 0.722. The standard InChI is InChI=1S/C10H17N/c1-2-3-6-9-11-10-7-4-5-8-10/h2,4-5,10-11H,1,3,6-9H2. The van der Waals surface area contributed by atoms with Gasteiger partial charge < -0.3 is 5.32 Å². The molecule has 0 radical (unpaired) electrons. The Hall–Kier alpha value is -0.560. The molecule has 0 unspecified atom stereocenters. The minimum Gasteiger partial charge on any atom is -0.313 e. The molecule has 1 rings (SSSR count). The van der Waals surface area contributed by atoms with Crippen LogP contribution in [-0.4, -0.2) is 12.6 Å². The third-order valence-electron chi connectivity index (χ3n) is 2.03. The molecular weight excluding hydrogens is 134 g/mol. The van der Waals surface area contributed by atoms with Gasteiger partial charge in [-0.3, -0.25) is 0 Å². The maximum Gasteiger partial charge on any atom is 0.0136 e. The maximum absolute atomic E-state index is 3.69. The van der Waals surface area contributed by atoms with Crippen LogP contribution in [0.2, 0.25) is 0 Å². The van der Waals surface area contributed by atoms with E-state index < -0.39 is 0 Å². The van der Waals surface area contributed by atoms with E-state index in [0.29, 0.717) is 0 Å². The zero-order valence-corrected chi connectivity index (χ0v) is 7.05. The van der Waals surface area contributed by atoms with Crippen molar-refractivity contribution in [1.29, 1.82) is 0 Å². The normalized spacial score (nSPS) is 17.5. The van der Waals surface area contributed by atoms with E-state index in [2.05, 4.69) is 24.0 Å². The topological polar surface area (TPSA) is 12.0 Å². The average molecular weight is 151 g/mol. The Morgan fingerprint density at radius 2 is 2.18 bits per heavy atom. The number of hydrogen-bond donors (Lipinski definition) is 1. The Bertz CT molecular complexity index is 130. The molecule has 1 heteroatoms. The Balaban J connectivity index is 1.91. The van der Waals surface area contributed by atoms with Gasteiger partial charge in [0.1, 0.15) is 0 Å². The van der Waals surface area contributed by atoms with Crippen molar-refractivity contribution in [2.24, 2.45) is 0 Å². The SMILES string of the molecule is C=CCCCNC1CC=CC1. The van der Waals surface area contributed by atoms with Crippen LogP contribution < -0.4 is 5.32 Å². The smallest absolute Gasteiger partial charge is 0.0136 e. The van der Waals surface area contributed by atoms with E-state index in [4.69, 9.17) is 0 Å². The van der Waals surface area contributed by atoms with E-state index in [1.807, 2.05) is 6.08 Å². The van der Waals surface area contributed by atoms with Crippen molar-refractivity contribution < 1.29 is 0 Å². The largest absolute Gasteiger partial charge is 0.313 e. The lowest BCUT2D eigenvalue weighted by Gasteiger charge is -2.10. The third-order valence-corrected chi connectivity index (χ3v) is 2.03. The van der Waals surface area contributed by atoms with E-state index in [0.717, 1.165) is 19.0 Å². The molecule has 0 aliphatic heterocycles. The van der Waals surface area contributed by atoms with Crippen LogP contribution >= 0.6 is 0 Å². The van der Waals surface area contributed by atoms with E-state index in [-0.39, 0.29) is 0 Å². The fourth-order valence-electron chi connectivity index (χ4n) is 1.34. The molecule has 0 fully saturated rings. The van der Waals surface area contributed by atoms with Gasteiger partial charge in [0.2, 0.25) is 0 Å². The lowest BCUT2D eigenvalue weighted by molar-refractivity contribution is 0.530. The molecule has 1 nitrogen and oxygen atoms in total.